The van der Waals surface area contributed by atoms with E-state index in [4.69, 9.17) is 9.47 Å². The molecule has 3 atom stereocenters. The Morgan fingerprint density at radius 3 is 2.54 bits per heavy atom. The first-order chi connectivity index (χ1) is 19.8. The van der Waals surface area contributed by atoms with Crippen molar-refractivity contribution in [2.24, 2.45) is 5.92 Å². The van der Waals surface area contributed by atoms with Gasteiger partial charge < -0.3 is 19.3 Å². The molecule has 2 aromatic carbocycles. The summed E-state index contributed by atoms with van der Waals surface area (Å²) in [7, 11) is 3.87. The molecule has 1 saturated heterocycles. The monoisotopic (exact) mass is 560 g/mol. The number of likely N-dealkylation sites (tertiary alicyclic amines) is 1. The Labute approximate surface area is 246 Å². The van der Waals surface area contributed by atoms with E-state index in [0.717, 1.165) is 82.5 Å². The van der Waals surface area contributed by atoms with E-state index in [1.54, 1.807) is 0 Å². The van der Waals surface area contributed by atoms with Crippen molar-refractivity contribution in [2.45, 2.75) is 94.6 Å². The van der Waals surface area contributed by atoms with Crippen LogP contribution in [-0.4, -0.2) is 67.1 Å². The van der Waals surface area contributed by atoms with Crippen LogP contribution in [0, 0.1) is 5.92 Å². The third-order valence-electron chi connectivity index (χ3n) is 10.1. The van der Waals surface area contributed by atoms with Gasteiger partial charge in [-0.3, -0.25) is 9.59 Å². The molecule has 0 radical (unpaired) electrons. The molecule has 2 aliphatic carbocycles. The average Bonchev–Trinajstić information content (AvgIpc) is 3.80. The third-order valence-corrected chi connectivity index (χ3v) is 10.1. The molecule has 222 valence electrons. The lowest BCUT2D eigenvalue weighted by Gasteiger charge is -2.60. The summed E-state index contributed by atoms with van der Waals surface area (Å²) in [6.45, 7) is 4.52. The number of esters is 1. The molecule has 2 saturated carbocycles. The fourth-order valence-electron chi connectivity index (χ4n) is 7.55. The van der Waals surface area contributed by atoms with Gasteiger partial charge in [0.2, 0.25) is 5.91 Å². The molecule has 3 fully saturated rings. The van der Waals surface area contributed by atoms with E-state index in [2.05, 4.69) is 41.3 Å². The van der Waals surface area contributed by atoms with Gasteiger partial charge in [-0.1, -0.05) is 48.9 Å². The summed E-state index contributed by atoms with van der Waals surface area (Å²) in [5.41, 5.74) is 1.93. The zero-order valence-corrected chi connectivity index (χ0v) is 25.3. The van der Waals surface area contributed by atoms with E-state index in [1.165, 1.54) is 25.3 Å². The fraction of sp³-hybridized carbons (Fsp3) is 0.600. The van der Waals surface area contributed by atoms with Crippen molar-refractivity contribution in [1.29, 1.82) is 0 Å². The Hall–Kier alpha value is -2.70. The van der Waals surface area contributed by atoms with Crippen LogP contribution < -0.4 is 4.74 Å². The maximum Gasteiger partial charge on any atom is 0.308 e. The van der Waals surface area contributed by atoms with Crippen molar-refractivity contribution < 1.29 is 19.1 Å². The summed E-state index contributed by atoms with van der Waals surface area (Å²) < 4.78 is 12.1. The van der Waals surface area contributed by atoms with Gasteiger partial charge in [-0.15, -0.1) is 0 Å². The van der Waals surface area contributed by atoms with Crippen LogP contribution in [-0.2, 0) is 26.2 Å². The van der Waals surface area contributed by atoms with Crippen molar-refractivity contribution in [3.05, 3.63) is 65.7 Å². The van der Waals surface area contributed by atoms with Gasteiger partial charge in [0, 0.05) is 52.0 Å². The van der Waals surface area contributed by atoms with Crippen molar-refractivity contribution >= 4 is 11.9 Å². The van der Waals surface area contributed by atoms with Gasteiger partial charge in [-0.25, -0.2) is 0 Å². The maximum atomic E-state index is 13.4. The van der Waals surface area contributed by atoms with Crippen molar-refractivity contribution in [3.63, 3.8) is 0 Å². The minimum absolute atomic E-state index is 0.155. The van der Waals surface area contributed by atoms with Gasteiger partial charge >= 0.3 is 5.97 Å². The van der Waals surface area contributed by atoms with Gasteiger partial charge in [0.15, 0.2) is 0 Å². The molecule has 6 nitrogen and oxygen atoms in total. The summed E-state index contributed by atoms with van der Waals surface area (Å²) in [6.07, 6.45) is 11.1. The largest absolute Gasteiger partial charge is 0.427 e. The first kappa shape index (κ1) is 29.8. The summed E-state index contributed by atoms with van der Waals surface area (Å²) in [5, 5.41) is 0. The number of benzene rings is 2. The lowest BCUT2D eigenvalue weighted by molar-refractivity contribution is -0.160. The second-order valence-corrected chi connectivity index (χ2v) is 12.8. The molecule has 5 rings (SSSR count). The quantitative estimate of drug-likeness (QED) is 0.177. The molecular formula is C35H48N2O4. The number of aryl methyl sites for hydroxylation is 1. The van der Waals surface area contributed by atoms with Crippen LogP contribution in [0.1, 0.15) is 82.3 Å². The number of amides is 1. The Morgan fingerprint density at radius 2 is 1.80 bits per heavy atom. The predicted octanol–water partition coefficient (Wildman–Crippen LogP) is 6.16. The topological polar surface area (TPSA) is 59.1 Å². The van der Waals surface area contributed by atoms with Crippen LogP contribution in [0.3, 0.4) is 0 Å². The molecule has 41 heavy (non-hydrogen) atoms. The SMILES string of the molecule is CO[C@]12CC[C@@H](N(C)C(=O)CCCCCc3ccccc3)C[C@]1(c1cccc(OC(C)=O)c1)CCN(CC1CC1)C2. The fourth-order valence-corrected chi connectivity index (χ4v) is 7.55. The van der Waals surface area contributed by atoms with Gasteiger partial charge in [0.05, 0.1) is 5.60 Å². The van der Waals surface area contributed by atoms with E-state index >= 15 is 0 Å². The first-order valence-corrected chi connectivity index (χ1v) is 15.7. The highest BCUT2D eigenvalue weighted by molar-refractivity contribution is 5.76. The Bertz CT molecular complexity index is 1180. The number of piperidine rings is 1. The third kappa shape index (κ3) is 6.86. The van der Waals surface area contributed by atoms with Gasteiger partial charge in [0.25, 0.3) is 0 Å². The summed E-state index contributed by atoms with van der Waals surface area (Å²) in [6, 6.07) is 18.8. The highest BCUT2D eigenvalue weighted by Gasteiger charge is 2.59. The second kappa shape index (κ2) is 13.1. The number of nitrogens with zero attached hydrogens (tertiary/aromatic N) is 2. The van der Waals surface area contributed by atoms with Crippen molar-refractivity contribution in [3.8, 4) is 5.75 Å². The standard InChI is InChI=1S/C35H48N2O4/c1-27(38)41-32-15-10-14-30(23-32)34-21-22-37(25-29-17-18-29)26-35(34,40-3)20-19-31(24-34)36(2)33(39)16-9-5-8-13-28-11-6-4-7-12-28/h4,6-7,10-12,14-15,23,29,31H,5,8-9,13,16-22,24-26H2,1-3H3/t31-,34+,35+/m1/s1. The molecule has 0 spiro atoms. The number of hydrogen-bond donors (Lipinski definition) is 0. The van der Waals surface area contributed by atoms with Crippen LogP contribution in [0.2, 0.25) is 0 Å². The zero-order chi connectivity index (χ0) is 28.9. The lowest BCUT2D eigenvalue weighted by atomic mass is 9.55. The number of rotatable bonds is 12. The highest BCUT2D eigenvalue weighted by Crippen LogP contribution is 2.54. The summed E-state index contributed by atoms with van der Waals surface area (Å²) in [5.74, 6) is 1.34. The Kier molecular flexibility index (Phi) is 9.50. The van der Waals surface area contributed by atoms with Crippen LogP contribution in [0.5, 0.6) is 5.75 Å². The van der Waals surface area contributed by atoms with Crippen LogP contribution >= 0.6 is 0 Å². The number of ether oxygens (including phenoxy) is 2. The smallest absolute Gasteiger partial charge is 0.308 e. The number of unbranched alkanes of at least 4 members (excludes halogenated alkanes) is 2. The Morgan fingerprint density at radius 1 is 1.00 bits per heavy atom. The molecule has 0 N–H and O–H groups in total. The zero-order valence-electron chi connectivity index (χ0n) is 25.3. The minimum atomic E-state index is -0.340. The van der Waals surface area contributed by atoms with Crippen LogP contribution in [0.25, 0.3) is 0 Å². The average molecular weight is 561 g/mol. The number of methoxy groups -OCH3 is 1. The maximum absolute atomic E-state index is 13.4. The van der Waals surface area contributed by atoms with Crippen molar-refractivity contribution in [2.75, 3.05) is 33.8 Å². The molecule has 6 heteroatoms. The highest BCUT2D eigenvalue weighted by atomic mass is 16.5. The predicted molar refractivity (Wildman–Crippen MR) is 162 cm³/mol. The number of hydrogen-bond acceptors (Lipinski definition) is 5. The normalized spacial score (nSPS) is 26.3. The molecular weight excluding hydrogens is 512 g/mol. The second-order valence-electron chi connectivity index (χ2n) is 12.8. The van der Waals surface area contributed by atoms with E-state index < -0.39 is 0 Å². The van der Waals surface area contributed by atoms with Crippen LogP contribution in [0.4, 0.5) is 0 Å². The van der Waals surface area contributed by atoms with E-state index in [0.29, 0.717) is 12.2 Å². The molecule has 1 amide bonds. The number of fused-ring (bicyclic) bond motifs is 1. The van der Waals surface area contributed by atoms with Gasteiger partial charge in [-0.2, -0.15) is 0 Å². The van der Waals surface area contributed by atoms with Crippen LogP contribution in [0.15, 0.2) is 54.6 Å². The molecule has 3 aliphatic rings. The lowest BCUT2D eigenvalue weighted by Crippen LogP contribution is -2.68. The summed E-state index contributed by atoms with van der Waals surface area (Å²) in [4.78, 5) is 29.8. The Balaban J connectivity index is 1.29. The molecule has 0 unspecified atom stereocenters. The minimum Gasteiger partial charge on any atom is -0.427 e. The van der Waals surface area contributed by atoms with Gasteiger partial charge in [-0.05, 0) is 93.5 Å². The van der Waals surface area contributed by atoms with Crippen molar-refractivity contribution in [1.82, 2.24) is 9.80 Å². The molecule has 0 aromatic heterocycles. The van der Waals surface area contributed by atoms with E-state index in [1.807, 2.05) is 37.3 Å². The van der Waals surface area contributed by atoms with Gasteiger partial charge in [0.1, 0.15) is 5.75 Å². The van der Waals surface area contributed by atoms with E-state index in [9.17, 15) is 9.59 Å². The molecule has 1 aliphatic heterocycles. The first-order valence-electron chi connectivity index (χ1n) is 15.7. The molecule has 2 aromatic rings. The molecule has 0 bridgehead atoms. The number of carbonyl (C=O) groups excluding carboxylic acids is 2. The number of carbonyl (C=O) groups is 2. The summed E-state index contributed by atoms with van der Waals surface area (Å²) >= 11 is 0. The molecule has 1 heterocycles. The van der Waals surface area contributed by atoms with E-state index in [-0.39, 0.29) is 28.9 Å².